The summed E-state index contributed by atoms with van der Waals surface area (Å²) in [4.78, 5) is 0. The largest absolute Gasteiger partial charge is 0.368 e. The minimum atomic E-state index is 0.233. The highest BCUT2D eigenvalue weighted by Gasteiger charge is 2.29. The molecule has 0 unspecified atom stereocenters. The summed E-state index contributed by atoms with van der Waals surface area (Å²) >= 11 is 6.53. The Hall–Kier alpha value is -1.57. The minimum absolute atomic E-state index is 0.233. The average molecular weight is 255 g/mol. The molecule has 1 fully saturated rings. The molecule has 88 valence electrons. The molecule has 1 nitrogen and oxygen atoms in total. The summed E-state index contributed by atoms with van der Waals surface area (Å²) in [5.41, 5.74) is 1.28. The maximum atomic E-state index is 6.53. The summed E-state index contributed by atoms with van der Waals surface area (Å²) in [5.74, 6) is 0. The summed E-state index contributed by atoms with van der Waals surface area (Å²) in [5, 5.41) is 5.49. The third kappa shape index (κ3) is 1.38. The molecular formula is C16H11ClO. The van der Waals surface area contributed by atoms with Crippen LogP contribution in [0.4, 0.5) is 0 Å². The number of rotatable bonds is 1. The van der Waals surface area contributed by atoms with Gasteiger partial charge in [-0.05, 0) is 16.3 Å². The summed E-state index contributed by atoms with van der Waals surface area (Å²) in [7, 11) is 0. The lowest BCUT2D eigenvalue weighted by atomic mass is 9.95. The number of hydrogen-bond donors (Lipinski definition) is 0. The van der Waals surface area contributed by atoms with E-state index in [1.165, 1.54) is 16.3 Å². The van der Waals surface area contributed by atoms with E-state index in [4.69, 9.17) is 16.3 Å². The van der Waals surface area contributed by atoms with Crippen LogP contribution in [0, 0.1) is 0 Å². The van der Waals surface area contributed by atoms with E-state index in [2.05, 4.69) is 36.4 Å². The summed E-state index contributed by atoms with van der Waals surface area (Å²) < 4.78 is 5.51. The van der Waals surface area contributed by atoms with Gasteiger partial charge in [0.25, 0.3) is 0 Å². The van der Waals surface area contributed by atoms with Crippen molar-refractivity contribution in [2.45, 2.75) is 6.10 Å². The highest BCUT2D eigenvalue weighted by molar-refractivity contribution is 6.41. The number of halogens is 1. The lowest BCUT2D eigenvalue weighted by Crippen LogP contribution is -1.89. The van der Waals surface area contributed by atoms with Crippen molar-refractivity contribution in [1.82, 2.24) is 0 Å². The molecule has 1 aliphatic rings. The van der Waals surface area contributed by atoms with Gasteiger partial charge in [-0.2, -0.15) is 0 Å². The van der Waals surface area contributed by atoms with Crippen LogP contribution >= 0.6 is 11.6 Å². The SMILES string of the molecule is Clc1c2ccccc2c([C@H]2CO2)c2ccccc12. The van der Waals surface area contributed by atoms with E-state index in [1.807, 2.05) is 12.1 Å². The second-order valence-electron chi connectivity index (χ2n) is 4.64. The molecule has 0 saturated carbocycles. The van der Waals surface area contributed by atoms with Gasteiger partial charge in [0.1, 0.15) is 6.10 Å². The van der Waals surface area contributed by atoms with Gasteiger partial charge in [-0.3, -0.25) is 0 Å². The monoisotopic (exact) mass is 254 g/mol. The highest BCUT2D eigenvalue weighted by atomic mass is 35.5. The molecule has 1 atom stereocenters. The van der Waals surface area contributed by atoms with Crippen molar-refractivity contribution in [3.8, 4) is 0 Å². The van der Waals surface area contributed by atoms with Gasteiger partial charge in [0.2, 0.25) is 0 Å². The first-order chi connectivity index (χ1) is 8.86. The third-order valence-corrected chi connectivity index (χ3v) is 3.97. The Morgan fingerprint density at radius 3 is 1.72 bits per heavy atom. The second-order valence-corrected chi connectivity index (χ2v) is 5.02. The average Bonchev–Trinajstić information content (AvgIpc) is 3.24. The normalized spacial score (nSPS) is 18.4. The van der Waals surface area contributed by atoms with E-state index < -0.39 is 0 Å². The minimum Gasteiger partial charge on any atom is -0.368 e. The Morgan fingerprint density at radius 2 is 1.28 bits per heavy atom. The van der Waals surface area contributed by atoms with Crippen LogP contribution in [0.25, 0.3) is 21.5 Å². The first kappa shape index (κ1) is 10.4. The van der Waals surface area contributed by atoms with Crippen molar-refractivity contribution in [3.05, 3.63) is 59.1 Å². The topological polar surface area (TPSA) is 12.5 Å². The van der Waals surface area contributed by atoms with E-state index in [9.17, 15) is 0 Å². The van der Waals surface area contributed by atoms with Crippen LogP contribution in [0.1, 0.15) is 11.7 Å². The van der Waals surface area contributed by atoms with Gasteiger partial charge in [-0.15, -0.1) is 0 Å². The summed E-state index contributed by atoms with van der Waals surface area (Å²) in [6, 6.07) is 16.6. The Kier molecular flexibility index (Phi) is 2.14. The van der Waals surface area contributed by atoms with E-state index in [1.54, 1.807) is 0 Å². The lowest BCUT2D eigenvalue weighted by molar-refractivity contribution is 0.418. The van der Waals surface area contributed by atoms with Gasteiger partial charge in [-0.1, -0.05) is 60.1 Å². The maximum absolute atomic E-state index is 6.53. The van der Waals surface area contributed by atoms with Crippen LogP contribution in [0.5, 0.6) is 0 Å². The molecule has 1 heterocycles. The van der Waals surface area contributed by atoms with Crippen molar-refractivity contribution in [2.75, 3.05) is 6.61 Å². The molecule has 3 aromatic carbocycles. The zero-order chi connectivity index (χ0) is 12.1. The van der Waals surface area contributed by atoms with Gasteiger partial charge in [-0.25, -0.2) is 0 Å². The molecule has 2 heteroatoms. The Bertz CT molecular complexity index is 702. The number of epoxide rings is 1. The number of ether oxygens (including phenoxy) is 1. The molecular weight excluding hydrogens is 244 g/mol. The van der Waals surface area contributed by atoms with Crippen LogP contribution in [-0.2, 0) is 4.74 Å². The third-order valence-electron chi connectivity index (χ3n) is 3.56. The van der Waals surface area contributed by atoms with Gasteiger partial charge in [0.05, 0.1) is 11.6 Å². The Morgan fingerprint density at radius 1 is 0.833 bits per heavy atom. The van der Waals surface area contributed by atoms with E-state index in [0.717, 1.165) is 22.4 Å². The van der Waals surface area contributed by atoms with Crippen molar-refractivity contribution in [3.63, 3.8) is 0 Å². The van der Waals surface area contributed by atoms with Crippen LogP contribution < -0.4 is 0 Å². The van der Waals surface area contributed by atoms with Crippen molar-refractivity contribution >= 4 is 33.1 Å². The van der Waals surface area contributed by atoms with Gasteiger partial charge < -0.3 is 4.74 Å². The van der Waals surface area contributed by atoms with Gasteiger partial charge in [0, 0.05) is 10.8 Å². The van der Waals surface area contributed by atoms with Crippen molar-refractivity contribution in [2.24, 2.45) is 0 Å². The summed E-state index contributed by atoms with van der Waals surface area (Å²) in [6.45, 7) is 0.815. The molecule has 0 radical (unpaired) electrons. The van der Waals surface area contributed by atoms with E-state index in [-0.39, 0.29) is 6.10 Å². The molecule has 0 bridgehead atoms. The molecule has 0 N–H and O–H groups in total. The molecule has 4 rings (SSSR count). The molecule has 0 spiro atoms. The molecule has 3 aromatic rings. The fraction of sp³-hybridized carbons (Fsp3) is 0.125. The van der Waals surface area contributed by atoms with Gasteiger partial charge in [0.15, 0.2) is 0 Å². The van der Waals surface area contributed by atoms with E-state index in [0.29, 0.717) is 0 Å². The van der Waals surface area contributed by atoms with E-state index >= 15 is 0 Å². The molecule has 1 aliphatic heterocycles. The van der Waals surface area contributed by atoms with Crippen molar-refractivity contribution < 1.29 is 4.74 Å². The zero-order valence-electron chi connectivity index (χ0n) is 9.69. The highest BCUT2D eigenvalue weighted by Crippen LogP contribution is 2.43. The second kappa shape index (κ2) is 3.71. The van der Waals surface area contributed by atoms with Crippen LogP contribution in [0.3, 0.4) is 0 Å². The maximum Gasteiger partial charge on any atom is 0.107 e. The predicted molar refractivity (Wildman–Crippen MR) is 75.2 cm³/mol. The molecule has 0 aromatic heterocycles. The van der Waals surface area contributed by atoms with Crippen LogP contribution in [0.2, 0.25) is 5.02 Å². The Labute approximate surface area is 110 Å². The Balaban J connectivity index is 2.28. The first-order valence-electron chi connectivity index (χ1n) is 6.06. The van der Waals surface area contributed by atoms with Crippen molar-refractivity contribution in [1.29, 1.82) is 0 Å². The fourth-order valence-corrected chi connectivity index (χ4v) is 3.00. The van der Waals surface area contributed by atoms with Gasteiger partial charge >= 0.3 is 0 Å². The molecule has 18 heavy (non-hydrogen) atoms. The lowest BCUT2D eigenvalue weighted by Gasteiger charge is -2.11. The zero-order valence-corrected chi connectivity index (χ0v) is 10.4. The fourth-order valence-electron chi connectivity index (χ4n) is 2.67. The standard InChI is InChI=1S/C16H11ClO/c17-16-12-7-3-1-5-10(12)15(14-9-18-14)11-6-2-4-8-13(11)16/h1-8,14H,9H2/t14-/m1/s1. The number of benzene rings is 3. The molecule has 0 aliphatic carbocycles. The van der Waals surface area contributed by atoms with Crippen LogP contribution in [0.15, 0.2) is 48.5 Å². The molecule has 1 saturated heterocycles. The molecule has 0 amide bonds. The van der Waals surface area contributed by atoms with Crippen LogP contribution in [-0.4, -0.2) is 6.61 Å². The first-order valence-corrected chi connectivity index (χ1v) is 6.44. The number of fused-ring (bicyclic) bond motifs is 2. The number of hydrogen-bond acceptors (Lipinski definition) is 1. The predicted octanol–water partition coefficient (Wildman–Crippen LogP) is 4.72. The quantitative estimate of drug-likeness (QED) is 0.452. The smallest absolute Gasteiger partial charge is 0.107 e. The summed E-state index contributed by atoms with van der Waals surface area (Å²) in [6.07, 6.45) is 0.233.